The van der Waals surface area contributed by atoms with Crippen LogP contribution in [0.25, 0.3) is 0 Å². The normalized spacial score (nSPS) is 17.2. The van der Waals surface area contributed by atoms with Gasteiger partial charge >= 0.3 is 0 Å². The summed E-state index contributed by atoms with van der Waals surface area (Å²) in [6.07, 6.45) is 8.54. The molecule has 1 heteroatoms. The minimum absolute atomic E-state index is 0.778. The van der Waals surface area contributed by atoms with Crippen molar-refractivity contribution in [2.24, 2.45) is 5.92 Å². The summed E-state index contributed by atoms with van der Waals surface area (Å²) < 4.78 is 2.37. The van der Waals surface area contributed by atoms with E-state index in [1.165, 1.54) is 24.8 Å². The maximum Gasteiger partial charge on any atom is 0.0332 e. The Balaban J connectivity index is 2.03. The van der Waals surface area contributed by atoms with Gasteiger partial charge in [-0.1, -0.05) is 13.8 Å². The molecule has 0 amide bonds. The van der Waals surface area contributed by atoms with Gasteiger partial charge in [0.05, 0.1) is 0 Å². The van der Waals surface area contributed by atoms with Crippen LogP contribution in [0.1, 0.15) is 38.3 Å². The lowest BCUT2D eigenvalue weighted by Crippen LogP contribution is -1.92. The lowest BCUT2D eigenvalue weighted by Gasteiger charge is -2.01. The van der Waals surface area contributed by atoms with E-state index in [1.54, 1.807) is 0 Å². The first-order valence-electron chi connectivity index (χ1n) is 4.92. The molecule has 1 aliphatic rings. The molecular formula is C11H17N. The van der Waals surface area contributed by atoms with E-state index in [0.29, 0.717) is 0 Å². The van der Waals surface area contributed by atoms with Crippen LogP contribution >= 0.6 is 0 Å². The number of hydrogen-bond donors (Lipinski definition) is 0. The van der Waals surface area contributed by atoms with Crippen molar-refractivity contribution < 1.29 is 0 Å². The van der Waals surface area contributed by atoms with E-state index < -0.39 is 0 Å². The first kappa shape index (κ1) is 7.90. The summed E-state index contributed by atoms with van der Waals surface area (Å²) in [5.41, 5.74) is 1.50. The van der Waals surface area contributed by atoms with Crippen LogP contribution in [0.15, 0.2) is 18.5 Å². The van der Waals surface area contributed by atoms with Gasteiger partial charge in [0, 0.05) is 18.4 Å². The van der Waals surface area contributed by atoms with Gasteiger partial charge in [0.15, 0.2) is 0 Å². The van der Waals surface area contributed by atoms with Crippen molar-refractivity contribution in [2.75, 3.05) is 0 Å². The molecule has 0 bridgehead atoms. The highest BCUT2D eigenvalue weighted by atomic mass is 15.0. The molecule has 0 radical (unpaired) electrons. The van der Waals surface area contributed by atoms with E-state index in [9.17, 15) is 0 Å². The average molecular weight is 163 g/mol. The lowest BCUT2D eigenvalue weighted by atomic mass is 10.1. The van der Waals surface area contributed by atoms with Crippen molar-refractivity contribution in [3.05, 3.63) is 24.0 Å². The van der Waals surface area contributed by atoms with Gasteiger partial charge in [0.25, 0.3) is 0 Å². The quantitative estimate of drug-likeness (QED) is 0.645. The predicted octanol–water partition coefficient (Wildman–Crippen LogP) is 3.02. The Kier molecular flexibility index (Phi) is 1.95. The second-order valence-corrected chi connectivity index (χ2v) is 4.30. The summed E-state index contributed by atoms with van der Waals surface area (Å²) in [5, 5.41) is 0. The molecule has 1 heterocycles. The highest BCUT2D eigenvalue weighted by molar-refractivity contribution is 5.12. The van der Waals surface area contributed by atoms with Crippen LogP contribution in [0.5, 0.6) is 0 Å². The molecular weight excluding hydrogens is 146 g/mol. The molecule has 0 saturated heterocycles. The van der Waals surface area contributed by atoms with Crippen LogP contribution < -0.4 is 0 Å². The topological polar surface area (TPSA) is 4.93 Å². The molecule has 0 aromatic carbocycles. The summed E-state index contributed by atoms with van der Waals surface area (Å²) in [4.78, 5) is 0. The Morgan fingerprint density at radius 2 is 2.25 bits per heavy atom. The third-order valence-corrected chi connectivity index (χ3v) is 2.39. The zero-order valence-corrected chi connectivity index (χ0v) is 7.96. The maximum absolute atomic E-state index is 2.37. The molecule has 1 aromatic rings. The van der Waals surface area contributed by atoms with Gasteiger partial charge in [-0.2, -0.15) is 0 Å². The molecule has 0 spiro atoms. The smallest absolute Gasteiger partial charge is 0.0332 e. The summed E-state index contributed by atoms with van der Waals surface area (Å²) in [7, 11) is 0. The fourth-order valence-corrected chi connectivity index (χ4v) is 1.65. The standard InChI is InChI=1S/C11H17N/c1-9(2)7-10-5-6-12(8-10)11-3-4-11/h5-6,8-9,11H,3-4,7H2,1-2H3. The van der Waals surface area contributed by atoms with E-state index in [0.717, 1.165) is 12.0 Å². The van der Waals surface area contributed by atoms with Crippen LogP contribution in [0.4, 0.5) is 0 Å². The highest BCUT2D eigenvalue weighted by Gasteiger charge is 2.22. The molecule has 1 nitrogen and oxygen atoms in total. The minimum Gasteiger partial charge on any atom is -0.351 e. The Morgan fingerprint density at radius 3 is 2.83 bits per heavy atom. The first-order valence-corrected chi connectivity index (χ1v) is 4.92. The molecule has 0 unspecified atom stereocenters. The van der Waals surface area contributed by atoms with Crippen LogP contribution in [0, 0.1) is 5.92 Å². The second-order valence-electron chi connectivity index (χ2n) is 4.30. The van der Waals surface area contributed by atoms with Crippen molar-refractivity contribution in [1.82, 2.24) is 4.57 Å². The second kappa shape index (κ2) is 2.96. The van der Waals surface area contributed by atoms with Crippen molar-refractivity contribution in [3.8, 4) is 0 Å². The Bertz CT molecular complexity index is 256. The third-order valence-electron chi connectivity index (χ3n) is 2.39. The fraction of sp³-hybridized carbons (Fsp3) is 0.636. The minimum atomic E-state index is 0.778. The van der Waals surface area contributed by atoms with Gasteiger partial charge in [-0.15, -0.1) is 0 Å². The molecule has 0 aliphatic heterocycles. The van der Waals surface area contributed by atoms with Crippen LogP contribution in [-0.4, -0.2) is 4.57 Å². The van der Waals surface area contributed by atoms with Crippen molar-refractivity contribution >= 4 is 0 Å². The van der Waals surface area contributed by atoms with Crippen LogP contribution in [0.2, 0.25) is 0 Å². The summed E-state index contributed by atoms with van der Waals surface area (Å²) in [5.74, 6) is 0.778. The number of hydrogen-bond acceptors (Lipinski definition) is 0. The Hall–Kier alpha value is -0.720. The molecule has 0 N–H and O–H groups in total. The molecule has 2 rings (SSSR count). The Morgan fingerprint density at radius 1 is 1.50 bits per heavy atom. The molecule has 12 heavy (non-hydrogen) atoms. The molecule has 1 fully saturated rings. The number of aromatic nitrogens is 1. The summed E-state index contributed by atoms with van der Waals surface area (Å²) in [6.45, 7) is 4.54. The molecule has 1 aliphatic carbocycles. The number of rotatable bonds is 3. The average Bonchev–Trinajstić information content (AvgIpc) is 2.73. The molecule has 66 valence electrons. The summed E-state index contributed by atoms with van der Waals surface area (Å²) in [6, 6.07) is 3.10. The Labute approximate surface area is 74.4 Å². The monoisotopic (exact) mass is 163 g/mol. The van der Waals surface area contributed by atoms with Crippen molar-refractivity contribution in [1.29, 1.82) is 0 Å². The van der Waals surface area contributed by atoms with Crippen molar-refractivity contribution in [2.45, 2.75) is 39.2 Å². The van der Waals surface area contributed by atoms with Gasteiger partial charge in [-0.25, -0.2) is 0 Å². The van der Waals surface area contributed by atoms with Crippen molar-refractivity contribution in [3.63, 3.8) is 0 Å². The van der Waals surface area contributed by atoms with Gasteiger partial charge in [0.1, 0.15) is 0 Å². The highest BCUT2D eigenvalue weighted by Crippen LogP contribution is 2.35. The van der Waals surface area contributed by atoms with Gasteiger partial charge in [-0.3, -0.25) is 0 Å². The molecule has 1 saturated carbocycles. The van der Waals surface area contributed by atoms with Crippen LogP contribution in [0.3, 0.4) is 0 Å². The third kappa shape index (κ3) is 1.71. The maximum atomic E-state index is 2.37. The van der Waals surface area contributed by atoms with Gasteiger partial charge in [0.2, 0.25) is 0 Å². The molecule has 1 aromatic heterocycles. The predicted molar refractivity (Wildman–Crippen MR) is 51.2 cm³/mol. The van der Waals surface area contributed by atoms with E-state index in [4.69, 9.17) is 0 Å². The van der Waals surface area contributed by atoms with E-state index in [2.05, 4.69) is 36.9 Å². The zero-order valence-electron chi connectivity index (χ0n) is 7.96. The van der Waals surface area contributed by atoms with Gasteiger partial charge < -0.3 is 4.57 Å². The zero-order chi connectivity index (χ0) is 8.55. The number of nitrogens with zero attached hydrogens (tertiary/aromatic N) is 1. The van der Waals surface area contributed by atoms with E-state index in [1.807, 2.05) is 0 Å². The molecule has 0 atom stereocenters. The fourth-order valence-electron chi connectivity index (χ4n) is 1.65. The lowest BCUT2D eigenvalue weighted by molar-refractivity contribution is 0.644. The van der Waals surface area contributed by atoms with Crippen LogP contribution in [-0.2, 0) is 6.42 Å². The summed E-state index contributed by atoms with van der Waals surface area (Å²) >= 11 is 0. The van der Waals surface area contributed by atoms with E-state index in [-0.39, 0.29) is 0 Å². The largest absolute Gasteiger partial charge is 0.351 e. The van der Waals surface area contributed by atoms with E-state index >= 15 is 0 Å². The van der Waals surface area contributed by atoms with Gasteiger partial charge in [-0.05, 0) is 36.8 Å². The first-order chi connectivity index (χ1) is 5.75. The SMILES string of the molecule is CC(C)Cc1ccn(C2CC2)c1.